The van der Waals surface area contributed by atoms with Gasteiger partial charge in [-0.25, -0.2) is 8.78 Å². The van der Waals surface area contributed by atoms with Gasteiger partial charge in [0.25, 0.3) is 0 Å². The summed E-state index contributed by atoms with van der Waals surface area (Å²) in [5, 5.41) is 8.71. The SMILES string of the molecule is CC(C)C1CCC(C)(C(=O)N2CCC[C@H]2C(N)=O)C(C)N=N/C(c2c(F)cccc2F)=C\C1C. The van der Waals surface area contributed by atoms with Crippen LogP contribution in [0.3, 0.4) is 0 Å². The second kappa shape index (κ2) is 10.3. The fourth-order valence-electron chi connectivity index (χ4n) is 5.36. The minimum Gasteiger partial charge on any atom is -0.368 e. The minimum absolute atomic E-state index is 0.0501. The normalized spacial score (nSPS) is 31.9. The molecule has 2 aliphatic heterocycles. The Labute approximate surface area is 200 Å². The molecule has 1 aromatic rings. The first kappa shape index (κ1) is 26.0. The molecule has 186 valence electrons. The molecule has 5 atom stereocenters. The first-order valence-electron chi connectivity index (χ1n) is 12.1. The Morgan fingerprint density at radius 3 is 2.41 bits per heavy atom. The molecule has 34 heavy (non-hydrogen) atoms. The zero-order valence-electron chi connectivity index (χ0n) is 20.7. The molecule has 0 aliphatic carbocycles. The maximum Gasteiger partial charge on any atom is 0.240 e. The summed E-state index contributed by atoms with van der Waals surface area (Å²) in [6.45, 7) is 10.3. The number of azo groups is 1. The number of nitrogens with zero attached hydrogens (tertiary/aromatic N) is 3. The summed E-state index contributed by atoms with van der Waals surface area (Å²) in [4.78, 5) is 27.4. The number of hydrogen-bond acceptors (Lipinski definition) is 4. The van der Waals surface area contributed by atoms with Crippen LogP contribution in [0.15, 0.2) is 34.5 Å². The Bertz CT molecular complexity index is 973. The van der Waals surface area contributed by atoms with Crippen molar-refractivity contribution in [3.05, 3.63) is 41.5 Å². The molecule has 2 amide bonds. The molecule has 3 rings (SSSR count). The van der Waals surface area contributed by atoms with Gasteiger partial charge in [-0.05, 0) is 69.4 Å². The molecule has 6 nitrogen and oxygen atoms in total. The molecule has 0 saturated carbocycles. The number of halogens is 2. The van der Waals surface area contributed by atoms with Gasteiger partial charge in [-0.2, -0.15) is 10.2 Å². The summed E-state index contributed by atoms with van der Waals surface area (Å²) in [6.07, 6.45) is 4.34. The predicted octanol–water partition coefficient (Wildman–Crippen LogP) is 5.33. The summed E-state index contributed by atoms with van der Waals surface area (Å²) in [6, 6.07) is 2.52. The highest BCUT2D eigenvalue weighted by atomic mass is 19.1. The molecule has 2 aliphatic rings. The number of rotatable bonds is 4. The Kier molecular flexibility index (Phi) is 7.88. The monoisotopic (exact) mass is 474 g/mol. The lowest BCUT2D eigenvalue weighted by molar-refractivity contribution is -0.147. The van der Waals surface area contributed by atoms with E-state index in [1.54, 1.807) is 17.9 Å². The van der Waals surface area contributed by atoms with E-state index in [0.29, 0.717) is 19.4 Å². The van der Waals surface area contributed by atoms with Gasteiger partial charge < -0.3 is 10.6 Å². The van der Waals surface area contributed by atoms with Crippen LogP contribution in [0.4, 0.5) is 8.78 Å². The third-order valence-corrected chi connectivity index (χ3v) is 7.76. The Morgan fingerprint density at radius 2 is 1.82 bits per heavy atom. The van der Waals surface area contributed by atoms with Crippen molar-refractivity contribution in [1.29, 1.82) is 0 Å². The summed E-state index contributed by atoms with van der Waals surface area (Å²) in [5.41, 5.74) is 4.55. The van der Waals surface area contributed by atoms with E-state index in [1.165, 1.54) is 18.2 Å². The Hall–Kier alpha value is -2.64. The van der Waals surface area contributed by atoms with E-state index in [4.69, 9.17) is 5.73 Å². The smallest absolute Gasteiger partial charge is 0.240 e. The maximum absolute atomic E-state index is 14.6. The molecular formula is C26H36F2N4O2. The third kappa shape index (κ3) is 5.05. The number of primary amides is 1. The third-order valence-electron chi connectivity index (χ3n) is 7.76. The van der Waals surface area contributed by atoms with E-state index in [1.807, 2.05) is 13.8 Å². The summed E-state index contributed by atoms with van der Waals surface area (Å²) in [5.74, 6) is -1.70. The molecular weight excluding hydrogens is 438 g/mol. The van der Waals surface area contributed by atoms with E-state index < -0.39 is 35.0 Å². The molecule has 0 bridgehead atoms. The van der Waals surface area contributed by atoms with Crippen LogP contribution in [0.2, 0.25) is 0 Å². The van der Waals surface area contributed by atoms with Gasteiger partial charge in [0.1, 0.15) is 17.7 Å². The number of benzene rings is 1. The van der Waals surface area contributed by atoms with Gasteiger partial charge in [-0.15, -0.1) is 0 Å². The fourth-order valence-corrected chi connectivity index (χ4v) is 5.36. The van der Waals surface area contributed by atoms with E-state index >= 15 is 0 Å². The van der Waals surface area contributed by atoms with Crippen LogP contribution in [0.1, 0.15) is 65.9 Å². The van der Waals surface area contributed by atoms with Crippen LogP contribution in [-0.2, 0) is 9.59 Å². The van der Waals surface area contributed by atoms with Crippen molar-refractivity contribution in [2.45, 2.75) is 72.4 Å². The number of hydrogen-bond donors (Lipinski definition) is 1. The molecule has 2 N–H and O–H groups in total. The molecule has 2 heterocycles. The zero-order valence-corrected chi connectivity index (χ0v) is 20.7. The molecule has 1 fully saturated rings. The van der Waals surface area contributed by atoms with E-state index in [0.717, 1.165) is 12.8 Å². The van der Waals surface area contributed by atoms with E-state index in [9.17, 15) is 18.4 Å². The minimum atomic E-state index is -0.940. The van der Waals surface area contributed by atoms with Crippen LogP contribution in [0.5, 0.6) is 0 Å². The van der Waals surface area contributed by atoms with Crippen molar-refractivity contribution in [2.75, 3.05) is 6.54 Å². The number of allylic oxidation sites excluding steroid dienone is 1. The van der Waals surface area contributed by atoms with Crippen molar-refractivity contribution in [3.63, 3.8) is 0 Å². The lowest BCUT2D eigenvalue weighted by atomic mass is 9.72. The molecule has 0 spiro atoms. The number of nitrogens with two attached hydrogens (primary N) is 1. The van der Waals surface area contributed by atoms with Crippen molar-refractivity contribution in [2.24, 2.45) is 39.1 Å². The van der Waals surface area contributed by atoms with Gasteiger partial charge in [0.2, 0.25) is 11.8 Å². The van der Waals surface area contributed by atoms with Crippen LogP contribution < -0.4 is 5.73 Å². The maximum atomic E-state index is 14.6. The molecule has 4 unspecified atom stereocenters. The largest absolute Gasteiger partial charge is 0.368 e. The van der Waals surface area contributed by atoms with Crippen molar-refractivity contribution >= 4 is 17.5 Å². The summed E-state index contributed by atoms with van der Waals surface area (Å²) < 4.78 is 29.3. The average molecular weight is 475 g/mol. The first-order chi connectivity index (χ1) is 16.0. The van der Waals surface area contributed by atoms with Gasteiger partial charge in [-0.3, -0.25) is 9.59 Å². The van der Waals surface area contributed by atoms with Crippen molar-refractivity contribution in [3.8, 4) is 0 Å². The number of carbonyl (C=O) groups is 2. The van der Waals surface area contributed by atoms with Crippen LogP contribution in [0, 0.1) is 34.8 Å². The lowest BCUT2D eigenvalue weighted by Gasteiger charge is -2.39. The summed E-state index contributed by atoms with van der Waals surface area (Å²) in [7, 11) is 0. The second-order valence-corrected chi connectivity index (χ2v) is 10.3. The first-order valence-corrected chi connectivity index (χ1v) is 12.1. The molecule has 8 heteroatoms. The van der Waals surface area contributed by atoms with Crippen molar-refractivity contribution < 1.29 is 18.4 Å². The van der Waals surface area contributed by atoms with Gasteiger partial charge >= 0.3 is 0 Å². The van der Waals surface area contributed by atoms with Crippen molar-refractivity contribution in [1.82, 2.24) is 4.90 Å². The highest BCUT2D eigenvalue weighted by Crippen LogP contribution is 2.41. The molecule has 0 radical (unpaired) electrons. The highest BCUT2D eigenvalue weighted by molar-refractivity contribution is 5.90. The topological polar surface area (TPSA) is 88.1 Å². The van der Waals surface area contributed by atoms with Crippen LogP contribution in [-0.4, -0.2) is 35.3 Å². The van der Waals surface area contributed by atoms with Crippen LogP contribution in [0.25, 0.3) is 5.70 Å². The standard InChI is InChI=1S/C26H36F2N4O2/c1-15(2)18-11-12-26(5,25(34)32-13-7-10-22(32)24(29)33)17(4)30-31-21(14-16(18)3)23-19(27)8-6-9-20(23)28/h6,8-9,14-18,22H,7,10-13H2,1-5H3,(H2,29,33)/b21-14-,31-30?/t16?,17?,18?,22-,26?/m0/s1. The lowest BCUT2D eigenvalue weighted by Crippen LogP contribution is -2.52. The molecule has 1 saturated heterocycles. The van der Waals surface area contributed by atoms with Gasteiger partial charge in [0, 0.05) is 6.54 Å². The highest BCUT2D eigenvalue weighted by Gasteiger charge is 2.46. The molecule has 1 aromatic carbocycles. The van der Waals surface area contributed by atoms with E-state index in [2.05, 4.69) is 24.1 Å². The quantitative estimate of drug-likeness (QED) is 0.639. The van der Waals surface area contributed by atoms with Gasteiger partial charge in [0.15, 0.2) is 0 Å². The fraction of sp³-hybridized carbons (Fsp3) is 0.615. The second-order valence-electron chi connectivity index (χ2n) is 10.3. The van der Waals surface area contributed by atoms with E-state index in [-0.39, 0.29) is 34.9 Å². The van der Waals surface area contributed by atoms with Gasteiger partial charge in [-0.1, -0.05) is 32.9 Å². The van der Waals surface area contributed by atoms with Gasteiger partial charge in [0.05, 0.1) is 22.7 Å². The average Bonchev–Trinajstić information content (AvgIpc) is 3.25. The van der Waals surface area contributed by atoms with Crippen LogP contribution >= 0.6 is 0 Å². The number of amides is 2. The Balaban J connectivity index is 2.07. The Morgan fingerprint density at radius 1 is 1.18 bits per heavy atom. The molecule has 0 aromatic heterocycles. The zero-order chi connectivity index (χ0) is 25.2. The number of carbonyl (C=O) groups excluding carboxylic acids is 2. The predicted molar refractivity (Wildman–Crippen MR) is 127 cm³/mol. The number of likely N-dealkylation sites (tertiary alicyclic amines) is 1. The summed E-state index contributed by atoms with van der Waals surface area (Å²) >= 11 is 0.